The van der Waals surface area contributed by atoms with Gasteiger partial charge in [0.2, 0.25) is 0 Å². The highest BCUT2D eigenvalue weighted by molar-refractivity contribution is 7.17. The van der Waals surface area contributed by atoms with Crippen molar-refractivity contribution >= 4 is 26.1 Å². The summed E-state index contributed by atoms with van der Waals surface area (Å²) in [7, 11) is 2.80. The standard InChI is InChI=1S/C20H20FN6OP.C8H11N/c1-12(28)19-11-27(26-24-19)10-15(29)7-6-14-8-13-9-18(22-20(13)25-23-14)16-4-2-3-5-17(16)21;1-3-8-5-4-7(2)9-6-8/h2-5,8-9,11,15H,6-7,10,29H2,1H3,(H,22,25);4-6H,3H2,1-2H3. The molecule has 0 aliphatic heterocycles. The minimum absolute atomic E-state index is 0.0959. The van der Waals surface area contributed by atoms with E-state index in [0.29, 0.717) is 29.1 Å². The lowest BCUT2D eigenvalue weighted by atomic mass is 10.1. The lowest BCUT2D eigenvalue weighted by molar-refractivity contribution is 0.101. The fraction of sp³-hybridized carbons (Fsp3) is 0.286. The molecule has 196 valence electrons. The highest BCUT2D eigenvalue weighted by atomic mass is 31.0. The summed E-state index contributed by atoms with van der Waals surface area (Å²) in [5.41, 5.74) is 5.70. The second-order valence-corrected chi connectivity index (χ2v) is 10.1. The second kappa shape index (κ2) is 12.6. The average Bonchev–Trinajstić information content (AvgIpc) is 3.55. The van der Waals surface area contributed by atoms with E-state index in [2.05, 4.69) is 52.7 Å². The fourth-order valence-electron chi connectivity index (χ4n) is 3.84. The van der Waals surface area contributed by atoms with E-state index in [9.17, 15) is 9.18 Å². The number of aromatic nitrogens is 7. The third-order valence-corrected chi connectivity index (χ3v) is 6.61. The van der Waals surface area contributed by atoms with Crippen molar-refractivity contribution in [3.8, 4) is 11.3 Å². The molecule has 4 aromatic heterocycles. The number of hydrogen-bond acceptors (Lipinski definition) is 6. The van der Waals surface area contributed by atoms with Gasteiger partial charge in [-0.2, -0.15) is 5.10 Å². The SMILES string of the molecule is CC(=O)c1cn(CC(P)CCc2cc3cc(-c4ccccc4F)[nH]c3nn2)nn1.CCc1ccc(C)nc1. The number of aromatic amines is 1. The van der Waals surface area contributed by atoms with Gasteiger partial charge in [0.15, 0.2) is 11.4 Å². The number of fused-ring (bicyclic) bond motifs is 1. The molecule has 8 nitrogen and oxygen atoms in total. The molecule has 10 heteroatoms. The molecule has 1 aromatic carbocycles. The van der Waals surface area contributed by atoms with E-state index in [1.807, 2.05) is 31.3 Å². The van der Waals surface area contributed by atoms with Crippen molar-refractivity contribution in [2.75, 3.05) is 0 Å². The fourth-order valence-corrected chi connectivity index (χ4v) is 4.23. The first-order valence-electron chi connectivity index (χ1n) is 12.5. The Balaban J connectivity index is 0.000000317. The number of rotatable bonds is 8. The van der Waals surface area contributed by atoms with E-state index < -0.39 is 0 Å². The summed E-state index contributed by atoms with van der Waals surface area (Å²) < 4.78 is 15.7. The van der Waals surface area contributed by atoms with Gasteiger partial charge in [-0.25, -0.2) is 4.39 Å². The summed E-state index contributed by atoms with van der Waals surface area (Å²) >= 11 is 0. The topological polar surface area (TPSA) is 102 Å². The van der Waals surface area contributed by atoms with Crippen molar-refractivity contribution in [2.24, 2.45) is 0 Å². The minimum Gasteiger partial charge on any atom is -0.338 e. The molecule has 38 heavy (non-hydrogen) atoms. The predicted octanol–water partition coefficient (Wildman–Crippen LogP) is 5.39. The number of aryl methyl sites for hydroxylation is 3. The van der Waals surface area contributed by atoms with Crippen LogP contribution in [0.15, 0.2) is 60.9 Å². The van der Waals surface area contributed by atoms with Gasteiger partial charge in [0, 0.05) is 36.3 Å². The summed E-state index contributed by atoms with van der Waals surface area (Å²) in [5.74, 6) is -0.375. The van der Waals surface area contributed by atoms with Gasteiger partial charge in [0.05, 0.1) is 17.6 Å². The third kappa shape index (κ3) is 7.13. The van der Waals surface area contributed by atoms with E-state index in [1.165, 1.54) is 18.6 Å². The maximum absolute atomic E-state index is 14.0. The number of nitrogens with one attached hydrogen (secondary N) is 1. The number of benzene rings is 1. The molecule has 0 aliphatic carbocycles. The Morgan fingerprint density at radius 3 is 2.63 bits per heavy atom. The molecule has 4 heterocycles. The van der Waals surface area contributed by atoms with Gasteiger partial charge in [-0.3, -0.25) is 14.5 Å². The van der Waals surface area contributed by atoms with Crippen molar-refractivity contribution in [2.45, 2.75) is 52.2 Å². The van der Waals surface area contributed by atoms with Crippen LogP contribution >= 0.6 is 9.24 Å². The quantitative estimate of drug-likeness (QED) is 0.213. The van der Waals surface area contributed by atoms with E-state index in [0.717, 1.165) is 36.0 Å². The molecule has 2 atom stereocenters. The summed E-state index contributed by atoms with van der Waals surface area (Å²) in [6.45, 7) is 6.24. The zero-order valence-corrected chi connectivity index (χ0v) is 22.9. The normalized spacial score (nSPS) is 11.7. The zero-order valence-electron chi connectivity index (χ0n) is 21.7. The molecule has 0 spiro atoms. The van der Waals surface area contributed by atoms with Gasteiger partial charge in [-0.15, -0.1) is 19.4 Å². The smallest absolute Gasteiger partial charge is 0.181 e. The Morgan fingerprint density at radius 1 is 1.13 bits per heavy atom. The first-order chi connectivity index (χ1) is 18.3. The number of pyridine rings is 1. The molecule has 0 saturated heterocycles. The molecule has 0 aliphatic rings. The number of hydrogen-bond donors (Lipinski definition) is 1. The Bertz CT molecular complexity index is 1510. The lowest BCUT2D eigenvalue weighted by Crippen LogP contribution is -2.12. The van der Waals surface area contributed by atoms with E-state index in [-0.39, 0.29) is 17.3 Å². The van der Waals surface area contributed by atoms with Crippen molar-refractivity contribution < 1.29 is 9.18 Å². The van der Waals surface area contributed by atoms with E-state index >= 15 is 0 Å². The number of nitrogens with zero attached hydrogens (tertiary/aromatic N) is 6. The van der Waals surface area contributed by atoms with Gasteiger partial charge in [0.25, 0.3) is 0 Å². The van der Waals surface area contributed by atoms with Gasteiger partial charge in [0.1, 0.15) is 11.5 Å². The molecule has 5 rings (SSSR count). The first kappa shape index (κ1) is 27.2. The van der Waals surface area contributed by atoms with Gasteiger partial charge in [-0.05, 0) is 67.7 Å². The number of ketones is 1. The van der Waals surface area contributed by atoms with Crippen LogP contribution in [0.3, 0.4) is 0 Å². The van der Waals surface area contributed by atoms with Crippen LogP contribution in [0.4, 0.5) is 4.39 Å². The Hall–Kier alpha value is -3.84. The van der Waals surface area contributed by atoms with Crippen LogP contribution in [0.2, 0.25) is 0 Å². The van der Waals surface area contributed by atoms with Crippen LogP contribution in [-0.4, -0.2) is 46.6 Å². The van der Waals surface area contributed by atoms with E-state index in [4.69, 9.17) is 0 Å². The summed E-state index contributed by atoms with van der Waals surface area (Å²) in [4.78, 5) is 18.6. The molecule has 0 radical (unpaired) electrons. The van der Waals surface area contributed by atoms with Crippen LogP contribution < -0.4 is 0 Å². The molecular formula is C28H31FN7OP. The van der Waals surface area contributed by atoms with Crippen LogP contribution in [-0.2, 0) is 19.4 Å². The van der Waals surface area contributed by atoms with Gasteiger partial charge < -0.3 is 4.98 Å². The maximum Gasteiger partial charge on any atom is 0.181 e. The van der Waals surface area contributed by atoms with Crippen LogP contribution in [0.1, 0.15) is 47.7 Å². The summed E-state index contributed by atoms with van der Waals surface area (Å²) in [6, 6.07) is 14.7. The predicted molar refractivity (Wildman–Crippen MR) is 149 cm³/mol. The number of halogens is 1. The van der Waals surface area contributed by atoms with Gasteiger partial charge >= 0.3 is 0 Å². The maximum atomic E-state index is 14.0. The summed E-state index contributed by atoms with van der Waals surface area (Å²) in [6.07, 6.45) is 6.26. The van der Waals surface area contributed by atoms with Crippen molar-refractivity contribution in [1.29, 1.82) is 0 Å². The molecule has 1 N–H and O–H groups in total. The highest BCUT2D eigenvalue weighted by Crippen LogP contribution is 2.25. The highest BCUT2D eigenvalue weighted by Gasteiger charge is 2.12. The molecule has 0 fully saturated rings. The number of H-pyrrole nitrogens is 1. The minimum atomic E-state index is -0.279. The largest absolute Gasteiger partial charge is 0.338 e. The third-order valence-electron chi connectivity index (χ3n) is 6.06. The number of carbonyl (C=O) groups is 1. The Kier molecular flexibility index (Phi) is 9.02. The Morgan fingerprint density at radius 2 is 1.95 bits per heavy atom. The molecular weight excluding hydrogens is 500 g/mol. The monoisotopic (exact) mass is 531 g/mol. The summed E-state index contributed by atoms with van der Waals surface area (Å²) in [5, 5.41) is 17.3. The molecule has 2 unspecified atom stereocenters. The van der Waals surface area contributed by atoms with Crippen molar-refractivity contribution in [1.82, 2.24) is 35.2 Å². The number of carbonyl (C=O) groups excluding carboxylic acids is 1. The van der Waals surface area contributed by atoms with E-state index in [1.54, 1.807) is 29.1 Å². The molecule has 0 bridgehead atoms. The Labute approximate surface area is 223 Å². The first-order valence-corrected chi connectivity index (χ1v) is 13.2. The molecule has 0 saturated carbocycles. The van der Waals surface area contributed by atoms with Crippen LogP contribution in [0.5, 0.6) is 0 Å². The number of Topliss-reactive ketones (excluding diaryl/α,β-unsaturated/α-hetero) is 1. The zero-order chi connectivity index (χ0) is 27.1. The average molecular weight is 532 g/mol. The second-order valence-electron chi connectivity index (χ2n) is 9.14. The van der Waals surface area contributed by atoms with Gasteiger partial charge in [-0.1, -0.05) is 30.3 Å². The van der Waals surface area contributed by atoms with Crippen molar-refractivity contribution in [3.05, 3.63) is 89.4 Å². The van der Waals surface area contributed by atoms with Crippen LogP contribution in [0.25, 0.3) is 22.3 Å². The van der Waals surface area contributed by atoms with Crippen molar-refractivity contribution in [3.63, 3.8) is 0 Å². The lowest BCUT2D eigenvalue weighted by Gasteiger charge is -2.10. The molecule has 0 amide bonds. The van der Waals surface area contributed by atoms with Crippen LogP contribution in [0, 0.1) is 12.7 Å². The molecule has 5 aromatic rings.